The summed E-state index contributed by atoms with van der Waals surface area (Å²) in [7, 11) is 0. The smallest absolute Gasteiger partial charge is 0.225 e. The number of carbonyl (C=O) groups is 1. The highest BCUT2D eigenvalue weighted by Crippen LogP contribution is 2.16. The average Bonchev–Trinajstić information content (AvgIpc) is 2.50. The van der Waals surface area contributed by atoms with Crippen LogP contribution in [-0.4, -0.2) is 48.7 Å². The quantitative estimate of drug-likeness (QED) is 0.605. The van der Waals surface area contributed by atoms with Crippen molar-refractivity contribution in [2.75, 3.05) is 32.8 Å². The number of hydrogen-bond donors (Lipinski definition) is 2. The van der Waals surface area contributed by atoms with Gasteiger partial charge in [0.1, 0.15) is 0 Å². The SMILES string of the molecule is CCCCCCCN(CCCO)C(=O)C1CCNCC1. The lowest BCUT2D eigenvalue weighted by Crippen LogP contribution is -2.42. The Bertz CT molecular complexity index is 253. The van der Waals surface area contributed by atoms with Crippen LogP contribution in [-0.2, 0) is 4.79 Å². The van der Waals surface area contributed by atoms with E-state index >= 15 is 0 Å². The lowest BCUT2D eigenvalue weighted by atomic mass is 9.96. The molecule has 1 heterocycles. The van der Waals surface area contributed by atoms with Gasteiger partial charge in [-0.3, -0.25) is 4.79 Å². The summed E-state index contributed by atoms with van der Waals surface area (Å²) in [6.07, 6.45) is 8.75. The molecule has 0 atom stereocenters. The third-order valence-corrected chi connectivity index (χ3v) is 4.12. The predicted molar refractivity (Wildman–Crippen MR) is 82.6 cm³/mol. The van der Waals surface area contributed by atoms with E-state index in [9.17, 15) is 4.79 Å². The van der Waals surface area contributed by atoms with Gasteiger partial charge in [-0.05, 0) is 38.8 Å². The van der Waals surface area contributed by atoms with Gasteiger partial charge in [0.05, 0.1) is 0 Å². The molecular formula is C16H32N2O2. The number of nitrogens with zero attached hydrogens (tertiary/aromatic N) is 1. The van der Waals surface area contributed by atoms with Gasteiger partial charge in [0, 0.05) is 25.6 Å². The van der Waals surface area contributed by atoms with E-state index in [0.29, 0.717) is 18.9 Å². The first-order valence-corrected chi connectivity index (χ1v) is 8.40. The molecule has 1 saturated heterocycles. The minimum atomic E-state index is 0.172. The molecule has 4 heteroatoms. The summed E-state index contributed by atoms with van der Waals surface area (Å²) in [5.41, 5.74) is 0. The van der Waals surface area contributed by atoms with Crippen molar-refractivity contribution < 1.29 is 9.90 Å². The number of aliphatic hydroxyl groups excluding tert-OH is 1. The van der Waals surface area contributed by atoms with Crippen molar-refractivity contribution in [1.82, 2.24) is 10.2 Å². The highest BCUT2D eigenvalue weighted by molar-refractivity contribution is 5.79. The van der Waals surface area contributed by atoms with Gasteiger partial charge >= 0.3 is 0 Å². The van der Waals surface area contributed by atoms with Gasteiger partial charge in [0.2, 0.25) is 5.91 Å². The Labute approximate surface area is 123 Å². The summed E-state index contributed by atoms with van der Waals surface area (Å²) in [6.45, 7) is 5.89. The van der Waals surface area contributed by atoms with Crippen LogP contribution in [0.15, 0.2) is 0 Å². The first kappa shape index (κ1) is 17.4. The van der Waals surface area contributed by atoms with Crippen molar-refractivity contribution in [3.63, 3.8) is 0 Å². The maximum atomic E-state index is 12.5. The zero-order valence-electron chi connectivity index (χ0n) is 13.1. The lowest BCUT2D eigenvalue weighted by Gasteiger charge is -2.29. The fraction of sp³-hybridized carbons (Fsp3) is 0.938. The van der Waals surface area contributed by atoms with E-state index < -0.39 is 0 Å². The summed E-state index contributed by atoms with van der Waals surface area (Å²) in [5.74, 6) is 0.515. The minimum Gasteiger partial charge on any atom is -0.396 e. The van der Waals surface area contributed by atoms with Gasteiger partial charge in [-0.25, -0.2) is 0 Å². The number of nitrogens with one attached hydrogen (secondary N) is 1. The van der Waals surface area contributed by atoms with Crippen LogP contribution in [0.3, 0.4) is 0 Å². The van der Waals surface area contributed by atoms with E-state index in [4.69, 9.17) is 5.11 Å². The Hall–Kier alpha value is -0.610. The number of aliphatic hydroxyl groups is 1. The summed E-state index contributed by atoms with van der Waals surface area (Å²) in [6, 6.07) is 0. The molecule has 0 aromatic heterocycles. The first-order chi connectivity index (χ1) is 9.79. The van der Waals surface area contributed by atoms with Gasteiger partial charge in [-0.1, -0.05) is 32.6 Å². The van der Waals surface area contributed by atoms with E-state index in [1.807, 2.05) is 4.90 Å². The highest BCUT2D eigenvalue weighted by atomic mass is 16.3. The zero-order valence-corrected chi connectivity index (χ0v) is 13.1. The second-order valence-corrected chi connectivity index (χ2v) is 5.84. The molecule has 0 saturated carbocycles. The van der Waals surface area contributed by atoms with Crippen LogP contribution < -0.4 is 5.32 Å². The molecule has 0 unspecified atom stereocenters. The Morgan fingerprint density at radius 2 is 1.75 bits per heavy atom. The molecule has 0 spiro atoms. The molecule has 1 fully saturated rings. The van der Waals surface area contributed by atoms with E-state index in [2.05, 4.69) is 12.2 Å². The Morgan fingerprint density at radius 3 is 2.40 bits per heavy atom. The number of hydrogen-bond acceptors (Lipinski definition) is 3. The number of carbonyl (C=O) groups excluding carboxylic acids is 1. The third kappa shape index (κ3) is 6.71. The molecule has 1 aliphatic rings. The number of unbranched alkanes of at least 4 members (excludes halogenated alkanes) is 4. The van der Waals surface area contributed by atoms with E-state index in [0.717, 1.165) is 38.9 Å². The molecule has 2 N–H and O–H groups in total. The zero-order chi connectivity index (χ0) is 14.6. The van der Waals surface area contributed by atoms with E-state index in [-0.39, 0.29) is 12.5 Å². The molecule has 118 valence electrons. The minimum absolute atomic E-state index is 0.172. The first-order valence-electron chi connectivity index (χ1n) is 8.40. The Morgan fingerprint density at radius 1 is 1.10 bits per heavy atom. The maximum Gasteiger partial charge on any atom is 0.225 e. The molecule has 0 bridgehead atoms. The van der Waals surface area contributed by atoms with Crippen molar-refractivity contribution in [1.29, 1.82) is 0 Å². The predicted octanol–water partition coefficient (Wildman–Crippen LogP) is 2.17. The molecule has 1 amide bonds. The Kier molecular flexibility index (Phi) is 9.67. The van der Waals surface area contributed by atoms with E-state index in [1.54, 1.807) is 0 Å². The monoisotopic (exact) mass is 284 g/mol. The molecule has 1 rings (SSSR count). The second-order valence-electron chi connectivity index (χ2n) is 5.84. The van der Waals surface area contributed by atoms with Crippen LogP contribution in [0.4, 0.5) is 0 Å². The molecule has 0 aromatic rings. The summed E-state index contributed by atoms with van der Waals surface area (Å²) in [5, 5.41) is 12.3. The van der Waals surface area contributed by atoms with Crippen molar-refractivity contribution in [3.8, 4) is 0 Å². The lowest BCUT2D eigenvalue weighted by molar-refractivity contribution is -0.136. The van der Waals surface area contributed by atoms with Crippen molar-refractivity contribution in [2.45, 2.75) is 58.3 Å². The van der Waals surface area contributed by atoms with Crippen molar-refractivity contribution >= 4 is 5.91 Å². The van der Waals surface area contributed by atoms with Crippen LogP contribution in [0, 0.1) is 5.92 Å². The number of rotatable bonds is 10. The molecule has 0 radical (unpaired) electrons. The average molecular weight is 284 g/mol. The third-order valence-electron chi connectivity index (χ3n) is 4.12. The van der Waals surface area contributed by atoms with Crippen molar-refractivity contribution in [2.24, 2.45) is 5.92 Å². The molecule has 0 aliphatic carbocycles. The summed E-state index contributed by atoms with van der Waals surface area (Å²) < 4.78 is 0. The Balaban J connectivity index is 2.34. The fourth-order valence-corrected chi connectivity index (χ4v) is 2.83. The van der Waals surface area contributed by atoms with Gasteiger partial charge < -0.3 is 15.3 Å². The van der Waals surface area contributed by atoms with Crippen molar-refractivity contribution in [3.05, 3.63) is 0 Å². The summed E-state index contributed by atoms with van der Waals surface area (Å²) in [4.78, 5) is 14.5. The molecular weight excluding hydrogens is 252 g/mol. The number of piperidine rings is 1. The maximum absolute atomic E-state index is 12.5. The van der Waals surface area contributed by atoms with Crippen LogP contribution in [0.1, 0.15) is 58.3 Å². The molecule has 4 nitrogen and oxygen atoms in total. The van der Waals surface area contributed by atoms with Crippen LogP contribution >= 0.6 is 0 Å². The van der Waals surface area contributed by atoms with Gasteiger partial charge in [-0.2, -0.15) is 0 Å². The van der Waals surface area contributed by atoms with E-state index in [1.165, 1.54) is 25.7 Å². The largest absolute Gasteiger partial charge is 0.396 e. The standard InChI is InChI=1S/C16H32N2O2/c1-2-3-4-5-6-12-18(13-7-14-19)16(20)15-8-10-17-11-9-15/h15,17,19H,2-14H2,1H3. The molecule has 0 aromatic carbocycles. The highest BCUT2D eigenvalue weighted by Gasteiger charge is 2.25. The number of amides is 1. The van der Waals surface area contributed by atoms with Gasteiger partial charge in [-0.15, -0.1) is 0 Å². The second kappa shape index (κ2) is 11.1. The van der Waals surface area contributed by atoms with Crippen LogP contribution in [0.25, 0.3) is 0 Å². The normalized spacial score (nSPS) is 16.3. The topological polar surface area (TPSA) is 52.6 Å². The van der Waals surface area contributed by atoms with Crippen LogP contribution in [0.5, 0.6) is 0 Å². The van der Waals surface area contributed by atoms with Gasteiger partial charge in [0.15, 0.2) is 0 Å². The summed E-state index contributed by atoms with van der Waals surface area (Å²) >= 11 is 0. The fourth-order valence-electron chi connectivity index (χ4n) is 2.83. The van der Waals surface area contributed by atoms with Gasteiger partial charge in [0.25, 0.3) is 0 Å². The molecule has 20 heavy (non-hydrogen) atoms. The van der Waals surface area contributed by atoms with Crippen LogP contribution in [0.2, 0.25) is 0 Å². The molecule has 1 aliphatic heterocycles.